The predicted octanol–water partition coefficient (Wildman–Crippen LogP) is 4.62. The number of hydrogen-bond donors (Lipinski definition) is 0. The van der Waals surface area contributed by atoms with Gasteiger partial charge in [0, 0.05) is 0 Å². The van der Waals surface area contributed by atoms with E-state index in [1.54, 1.807) is 0 Å². The number of hydrogen-bond acceptors (Lipinski definition) is 0. The number of rotatable bonds is 5. The lowest BCUT2D eigenvalue weighted by Gasteiger charge is -2.08. The van der Waals surface area contributed by atoms with E-state index >= 15 is 0 Å². The second kappa shape index (κ2) is 5.55. The summed E-state index contributed by atoms with van der Waals surface area (Å²) in [5.74, 6) is 0. The second-order valence-corrected chi connectivity index (χ2v) is 3.94. The van der Waals surface area contributed by atoms with Crippen molar-refractivity contribution in [3.63, 3.8) is 0 Å². The molecule has 0 spiro atoms. The molecule has 15 heavy (non-hydrogen) atoms. The van der Waals surface area contributed by atoms with Crippen LogP contribution in [-0.4, -0.2) is 0 Å². The van der Waals surface area contributed by atoms with E-state index in [-0.39, 0.29) is 0 Å². The molecule has 0 radical (unpaired) electrons. The third kappa shape index (κ3) is 3.39. The predicted molar refractivity (Wildman–Crippen MR) is 68.9 cm³/mol. The molecule has 1 rings (SSSR count). The van der Waals surface area contributed by atoms with E-state index in [4.69, 9.17) is 0 Å². The normalized spacial score (nSPS) is 10.0. The summed E-state index contributed by atoms with van der Waals surface area (Å²) < 4.78 is 0. The highest BCUT2D eigenvalue weighted by Crippen LogP contribution is 2.22. The molecule has 0 bridgehead atoms. The molecule has 0 amide bonds. The first kappa shape index (κ1) is 11.8. The first-order chi connectivity index (χ1) is 7.17. The molecule has 0 saturated carbocycles. The van der Waals surface area contributed by atoms with Crippen LogP contribution in [0.5, 0.6) is 0 Å². The summed E-state index contributed by atoms with van der Waals surface area (Å²) in [5, 5.41) is 0. The van der Waals surface area contributed by atoms with Crippen LogP contribution in [0.2, 0.25) is 0 Å². The third-order valence-corrected chi connectivity index (χ3v) is 2.71. The van der Waals surface area contributed by atoms with Crippen molar-refractivity contribution in [3.05, 3.63) is 54.1 Å². The number of allylic oxidation sites excluding steroid dienone is 2. The Balaban J connectivity index is 2.77. The zero-order valence-corrected chi connectivity index (χ0v) is 9.84. The lowest BCUT2D eigenvalue weighted by atomic mass is 9.97. The zero-order chi connectivity index (χ0) is 11.3. The van der Waals surface area contributed by atoms with Crippen molar-refractivity contribution in [1.82, 2.24) is 0 Å². The Morgan fingerprint density at radius 2 is 1.93 bits per heavy atom. The second-order valence-electron chi connectivity index (χ2n) is 3.94. The Labute approximate surface area is 93.3 Å². The fourth-order valence-corrected chi connectivity index (χ4v) is 1.54. The lowest BCUT2D eigenvalue weighted by Crippen LogP contribution is -1.88. The maximum absolute atomic E-state index is 4.13. The van der Waals surface area contributed by atoms with Gasteiger partial charge in [0.15, 0.2) is 0 Å². The fourth-order valence-electron chi connectivity index (χ4n) is 1.54. The number of aryl methyl sites for hydroxylation is 1. The largest absolute Gasteiger partial charge is 0.0995 e. The van der Waals surface area contributed by atoms with Crippen molar-refractivity contribution in [2.24, 2.45) is 0 Å². The van der Waals surface area contributed by atoms with Crippen LogP contribution in [0.1, 0.15) is 37.8 Å². The first-order valence-corrected chi connectivity index (χ1v) is 5.61. The van der Waals surface area contributed by atoms with E-state index in [2.05, 4.69) is 51.3 Å². The summed E-state index contributed by atoms with van der Waals surface area (Å²) in [4.78, 5) is 0. The first-order valence-electron chi connectivity index (χ1n) is 5.61. The molecule has 1 aromatic rings. The smallest absolute Gasteiger partial charge is 0.00699 e. The van der Waals surface area contributed by atoms with Gasteiger partial charge in [-0.05, 0) is 36.0 Å². The van der Waals surface area contributed by atoms with Crippen molar-refractivity contribution < 1.29 is 0 Å². The van der Waals surface area contributed by atoms with Crippen LogP contribution < -0.4 is 0 Å². The average molecular weight is 200 g/mol. The zero-order valence-electron chi connectivity index (χ0n) is 9.84. The van der Waals surface area contributed by atoms with E-state index in [1.165, 1.54) is 22.3 Å². The van der Waals surface area contributed by atoms with Gasteiger partial charge in [0.1, 0.15) is 0 Å². The highest BCUT2D eigenvalue weighted by molar-refractivity contribution is 5.65. The van der Waals surface area contributed by atoms with E-state index in [1.807, 2.05) is 0 Å². The molecular formula is C15H20. The minimum absolute atomic E-state index is 0.920. The van der Waals surface area contributed by atoms with Gasteiger partial charge in [-0.1, -0.05) is 56.8 Å². The van der Waals surface area contributed by atoms with Gasteiger partial charge < -0.3 is 0 Å². The van der Waals surface area contributed by atoms with Gasteiger partial charge in [0.2, 0.25) is 0 Å². The van der Waals surface area contributed by atoms with Gasteiger partial charge >= 0.3 is 0 Å². The van der Waals surface area contributed by atoms with E-state index in [0.717, 1.165) is 19.3 Å². The van der Waals surface area contributed by atoms with Crippen LogP contribution >= 0.6 is 0 Å². The van der Waals surface area contributed by atoms with Crippen LogP contribution in [0.15, 0.2) is 43.0 Å². The maximum Gasteiger partial charge on any atom is -0.00699 e. The molecule has 0 nitrogen and oxygen atoms in total. The van der Waals surface area contributed by atoms with Crippen LogP contribution in [0, 0.1) is 0 Å². The average Bonchev–Trinajstić information content (AvgIpc) is 2.28. The third-order valence-electron chi connectivity index (χ3n) is 2.71. The summed E-state index contributed by atoms with van der Waals surface area (Å²) in [6.45, 7) is 12.5. The molecule has 80 valence electrons. The van der Waals surface area contributed by atoms with Gasteiger partial charge in [-0.25, -0.2) is 0 Å². The highest BCUT2D eigenvalue weighted by atomic mass is 14.1. The Morgan fingerprint density at radius 3 is 2.53 bits per heavy atom. The summed E-state index contributed by atoms with van der Waals surface area (Å²) in [6.07, 6.45) is 3.03. The van der Waals surface area contributed by atoms with Crippen LogP contribution in [0.4, 0.5) is 0 Å². The minimum atomic E-state index is 0.920. The molecule has 0 aromatic heterocycles. The quantitative estimate of drug-likeness (QED) is 0.608. The highest BCUT2D eigenvalue weighted by Gasteiger charge is 2.01. The van der Waals surface area contributed by atoms with Crippen molar-refractivity contribution in [2.75, 3.05) is 0 Å². The Hall–Kier alpha value is -1.30. The molecule has 0 heterocycles. The molecule has 0 heteroatoms. The maximum atomic E-state index is 4.13. The summed E-state index contributed by atoms with van der Waals surface area (Å²) in [5.41, 5.74) is 5.05. The fraction of sp³-hybridized carbons (Fsp3) is 0.333. The summed E-state index contributed by atoms with van der Waals surface area (Å²) >= 11 is 0. The SMILES string of the molecule is C=C(CC)CC(=C)c1cccc(CC)c1. The molecule has 0 aliphatic rings. The topological polar surface area (TPSA) is 0 Å². The summed E-state index contributed by atoms with van der Waals surface area (Å²) in [6, 6.07) is 8.62. The molecule has 0 aliphatic carbocycles. The molecule has 0 unspecified atom stereocenters. The standard InChI is InChI=1S/C15H20/c1-5-12(3)10-13(4)15-9-7-8-14(6-2)11-15/h7-9,11H,3-6,10H2,1-2H3. The van der Waals surface area contributed by atoms with Gasteiger partial charge in [-0.2, -0.15) is 0 Å². The molecule has 0 saturated heterocycles. The minimum Gasteiger partial charge on any atom is -0.0995 e. The molecule has 0 fully saturated rings. The lowest BCUT2D eigenvalue weighted by molar-refractivity contribution is 1.05. The van der Waals surface area contributed by atoms with Crippen LogP contribution in [-0.2, 0) is 6.42 Å². The summed E-state index contributed by atoms with van der Waals surface area (Å²) in [7, 11) is 0. The van der Waals surface area contributed by atoms with E-state index < -0.39 is 0 Å². The number of benzene rings is 1. The molecule has 0 atom stereocenters. The molecule has 0 aliphatic heterocycles. The molecule has 1 aromatic carbocycles. The van der Waals surface area contributed by atoms with Gasteiger partial charge in [-0.15, -0.1) is 0 Å². The Morgan fingerprint density at radius 1 is 1.20 bits per heavy atom. The van der Waals surface area contributed by atoms with Gasteiger partial charge in [-0.3, -0.25) is 0 Å². The Bertz CT molecular complexity index is 358. The van der Waals surface area contributed by atoms with E-state index in [0.29, 0.717) is 0 Å². The molecule has 0 N–H and O–H groups in total. The van der Waals surface area contributed by atoms with Gasteiger partial charge in [0.25, 0.3) is 0 Å². The van der Waals surface area contributed by atoms with Gasteiger partial charge in [0.05, 0.1) is 0 Å². The van der Waals surface area contributed by atoms with Crippen molar-refractivity contribution in [2.45, 2.75) is 33.1 Å². The Kier molecular flexibility index (Phi) is 4.36. The molecular weight excluding hydrogens is 180 g/mol. The monoisotopic (exact) mass is 200 g/mol. The van der Waals surface area contributed by atoms with E-state index in [9.17, 15) is 0 Å². The van der Waals surface area contributed by atoms with Crippen LogP contribution in [0.25, 0.3) is 5.57 Å². The van der Waals surface area contributed by atoms with Crippen molar-refractivity contribution in [3.8, 4) is 0 Å². The van der Waals surface area contributed by atoms with Crippen LogP contribution in [0.3, 0.4) is 0 Å². The van der Waals surface area contributed by atoms with Crippen molar-refractivity contribution >= 4 is 5.57 Å². The van der Waals surface area contributed by atoms with Crippen molar-refractivity contribution in [1.29, 1.82) is 0 Å².